The molecule has 0 saturated carbocycles. The van der Waals surface area contributed by atoms with Crippen LogP contribution in [0.15, 0.2) is 52.9 Å². The van der Waals surface area contributed by atoms with Gasteiger partial charge >= 0.3 is 0 Å². The van der Waals surface area contributed by atoms with Crippen LogP contribution in [0.25, 0.3) is 0 Å². The monoisotopic (exact) mass is 294 g/mol. The molecule has 0 aromatic heterocycles. The fraction of sp³-hybridized carbons (Fsp3) is 0.294. The molecular weight excluding hydrogens is 280 g/mol. The van der Waals surface area contributed by atoms with Crippen LogP contribution in [-0.2, 0) is 4.74 Å². The summed E-state index contributed by atoms with van der Waals surface area (Å²) < 4.78 is 5.41. The summed E-state index contributed by atoms with van der Waals surface area (Å²) in [6.45, 7) is 0.557. The minimum Gasteiger partial charge on any atom is -0.495 e. The number of hydrogen-bond donors (Lipinski definition) is 0. The molecule has 0 spiro atoms. The zero-order valence-electron chi connectivity index (χ0n) is 11.5. The Labute approximate surface area is 128 Å². The van der Waals surface area contributed by atoms with Crippen LogP contribution in [0.2, 0.25) is 0 Å². The predicted octanol–water partition coefficient (Wildman–Crippen LogP) is 3.40. The average Bonchev–Trinajstić information content (AvgIpc) is 3.00. The molecule has 4 heteroatoms. The van der Waals surface area contributed by atoms with E-state index < -0.39 is 0 Å². The number of aliphatic imine (C=N–C) groups is 1. The fourth-order valence-corrected chi connectivity index (χ4v) is 4.68. The topological polar surface area (TPSA) is 45.4 Å². The van der Waals surface area contributed by atoms with Gasteiger partial charge in [-0.05, 0) is 41.5 Å². The highest BCUT2D eigenvalue weighted by molar-refractivity contribution is 8.01. The number of hydrogen-bond acceptors (Lipinski definition) is 4. The Hall–Kier alpha value is -1.99. The van der Waals surface area contributed by atoms with Crippen LogP contribution in [0.4, 0.5) is 0 Å². The summed E-state index contributed by atoms with van der Waals surface area (Å²) in [4.78, 5) is 4.82. The third kappa shape index (κ3) is 2.09. The van der Waals surface area contributed by atoms with Gasteiger partial charge in [0.25, 0.3) is 0 Å². The van der Waals surface area contributed by atoms with Crippen molar-refractivity contribution in [1.29, 1.82) is 5.26 Å². The third-order valence-electron chi connectivity index (χ3n) is 4.17. The summed E-state index contributed by atoms with van der Waals surface area (Å²) in [6.07, 6.45) is 4.87. The lowest BCUT2D eigenvalue weighted by Gasteiger charge is -2.32. The van der Waals surface area contributed by atoms with Crippen molar-refractivity contribution in [2.24, 2.45) is 4.99 Å². The Morgan fingerprint density at radius 2 is 2.33 bits per heavy atom. The third-order valence-corrected chi connectivity index (χ3v) is 5.52. The summed E-state index contributed by atoms with van der Waals surface area (Å²) in [5, 5.41) is 9.56. The minimum atomic E-state index is 0.286. The molecule has 3 aliphatic heterocycles. The zero-order valence-corrected chi connectivity index (χ0v) is 12.3. The number of nitrogens with zero attached hydrogens (tertiary/aromatic N) is 2. The molecule has 3 heterocycles. The molecule has 1 saturated heterocycles. The number of nitriles is 1. The zero-order chi connectivity index (χ0) is 14.2. The molecule has 104 valence electrons. The molecule has 3 nitrogen and oxygen atoms in total. The maximum absolute atomic E-state index is 9.16. The molecule has 4 rings (SSSR count). The van der Waals surface area contributed by atoms with Gasteiger partial charge in [0.15, 0.2) is 0 Å². The summed E-state index contributed by atoms with van der Waals surface area (Å²) >= 11 is 1.98. The van der Waals surface area contributed by atoms with E-state index in [0.717, 1.165) is 23.4 Å². The molecule has 21 heavy (non-hydrogen) atoms. The van der Waals surface area contributed by atoms with Gasteiger partial charge in [-0.1, -0.05) is 12.1 Å². The van der Waals surface area contributed by atoms with Crippen molar-refractivity contribution in [3.05, 3.63) is 59.0 Å². The lowest BCUT2D eigenvalue weighted by molar-refractivity contribution is 0.271. The number of benzene rings is 1. The standard InChI is InChI=1S/C17H14N2OS/c18-9-11-2-1-3-12(8-11)16-13-4-6-20-10-15(13)19-14-5-7-21-17(14)16/h1-4,6,8,16-17H,5,7,10H2. The first-order valence-electron chi connectivity index (χ1n) is 7.07. The Balaban J connectivity index is 1.85. The van der Waals surface area contributed by atoms with E-state index in [2.05, 4.69) is 12.1 Å². The van der Waals surface area contributed by atoms with E-state index in [1.54, 1.807) is 6.26 Å². The van der Waals surface area contributed by atoms with Gasteiger partial charge in [0, 0.05) is 11.6 Å². The van der Waals surface area contributed by atoms with E-state index in [9.17, 15) is 0 Å². The van der Waals surface area contributed by atoms with Crippen LogP contribution in [0.3, 0.4) is 0 Å². The number of ether oxygens (including phenoxy) is 1. The van der Waals surface area contributed by atoms with Crippen LogP contribution >= 0.6 is 11.8 Å². The van der Waals surface area contributed by atoms with Crippen LogP contribution in [0.5, 0.6) is 0 Å². The molecule has 0 amide bonds. The molecule has 0 N–H and O–H groups in total. The van der Waals surface area contributed by atoms with Crippen LogP contribution in [0.1, 0.15) is 23.5 Å². The van der Waals surface area contributed by atoms with Gasteiger partial charge in [0.1, 0.15) is 6.61 Å². The molecule has 3 aliphatic rings. The normalized spacial score (nSPS) is 26.5. The van der Waals surface area contributed by atoms with Crippen molar-refractivity contribution in [2.45, 2.75) is 17.6 Å². The SMILES string of the molecule is N#Cc1cccc(C2C3=C(COC=C3)N=C3CCSC32)c1. The van der Waals surface area contributed by atoms with E-state index in [4.69, 9.17) is 15.0 Å². The van der Waals surface area contributed by atoms with Gasteiger partial charge in [-0.15, -0.1) is 0 Å². The fourth-order valence-electron chi connectivity index (χ4n) is 3.24. The molecule has 2 unspecified atom stereocenters. The smallest absolute Gasteiger partial charge is 0.130 e. The first-order chi connectivity index (χ1) is 10.4. The van der Waals surface area contributed by atoms with Crippen LogP contribution < -0.4 is 0 Å². The summed E-state index contributed by atoms with van der Waals surface area (Å²) in [5.74, 6) is 1.41. The Kier molecular flexibility index (Phi) is 3.08. The second kappa shape index (κ2) is 5.09. The highest BCUT2D eigenvalue weighted by Crippen LogP contribution is 2.45. The lowest BCUT2D eigenvalue weighted by Crippen LogP contribution is -2.28. The first-order valence-corrected chi connectivity index (χ1v) is 8.12. The first kappa shape index (κ1) is 12.7. The highest BCUT2D eigenvalue weighted by atomic mass is 32.2. The van der Waals surface area contributed by atoms with Crippen molar-refractivity contribution >= 4 is 17.5 Å². The second-order valence-electron chi connectivity index (χ2n) is 5.38. The van der Waals surface area contributed by atoms with Crippen LogP contribution in [0, 0.1) is 11.3 Å². The highest BCUT2D eigenvalue weighted by Gasteiger charge is 2.38. The van der Waals surface area contributed by atoms with E-state index in [0.29, 0.717) is 11.9 Å². The van der Waals surface area contributed by atoms with E-state index in [1.165, 1.54) is 16.8 Å². The molecule has 2 atom stereocenters. The molecule has 0 bridgehead atoms. The van der Waals surface area contributed by atoms with Gasteiger partial charge in [-0.2, -0.15) is 17.0 Å². The van der Waals surface area contributed by atoms with Crippen molar-refractivity contribution in [3.63, 3.8) is 0 Å². The summed E-state index contributed by atoms with van der Waals surface area (Å²) in [5.41, 5.74) is 5.51. The number of thioether (sulfide) groups is 1. The van der Waals surface area contributed by atoms with E-state index in [1.807, 2.05) is 36.0 Å². The molecule has 1 fully saturated rings. The largest absolute Gasteiger partial charge is 0.495 e. The van der Waals surface area contributed by atoms with Crippen molar-refractivity contribution in [3.8, 4) is 6.07 Å². The van der Waals surface area contributed by atoms with Crippen molar-refractivity contribution in [2.75, 3.05) is 12.4 Å². The second-order valence-corrected chi connectivity index (χ2v) is 6.62. The average molecular weight is 294 g/mol. The number of fused-ring (bicyclic) bond motifs is 1. The Morgan fingerprint density at radius 1 is 1.38 bits per heavy atom. The Morgan fingerprint density at radius 3 is 3.24 bits per heavy atom. The molecule has 0 radical (unpaired) electrons. The van der Waals surface area contributed by atoms with E-state index >= 15 is 0 Å². The van der Waals surface area contributed by atoms with Gasteiger partial charge in [-0.25, -0.2) is 0 Å². The number of allylic oxidation sites excluding steroid dienone is 2. The molecule has 0 aliphatic carbocycles. The van der Waals surface area contributed by atoms with Gasteiger partial charge in [0.05, 0.1) is 28.8 Å². The van der Waals surface area contributed by atoms with Gasteiger partial charge < -0.3 is 4.74 Å². The van der Waals surface area contributed by atoms with Crippen molar-refractivity contribution < 1.29 is 4.74 Å². The predicted molar refractivity (Wildman–Crippen MR) is 84.3 cm³/mol. The van der Waals surface area contributed by atoms with Gasteiger partial charge in [0.2, 0.25) is 0 Å². The minimum absolute atomic E-state index is 0.286. The summed E-state index contributed by atoms with van der Waals surface area (Å²) in [7, 11) is 0. The molecular formula is C17H14N2OS. The van der Waals surface area contributed by atoms with Gasteiger partial charge in [-0.3, -0.25) is 4.99 Å². The van der Waals surface area contributed by atoms with Crippen molar-refractivity contribution in [1.82, 2.24) is 0 Å². The summed E-state index contributed by atoms with van der Waals surface area (Å²) in [6, 6.07) is 10.2. The Bertz CT molecular complexity index is 727. The number of rotatable bonds is 1. The lowest BCUT2D eigenvalue weighted by atomic mass is 9.82. The van der Waals surface area contributed by atoms with E-state index in [-0.39, 0.29) is 5.92 Å². The molecule has 1 aromatic carbocycles. The maximum atomic E-state index is 9.16. The quantitative estimate of drug-likeness (QED) is 0.797. The molecule has 1 aromatic rings. The van der Waals surface area contributed by atoms with Crippen LogP contribution in [-0.4, -0.2) is 23.3 Å². The maximum Gasteiger partial charge on any atom is 0.130 e.